The minimum absolute atomic E-state index is 0.122. The van der Waals surface area contributed by atoms with Gasteiger partial charge in [0.25, 0.3) is 0 Å². The van der Waals surface area contributed by atoms with Crippen molar-refractivity contribution in [3.05, 3.63) is 0 Å². The molecule has 1 unspecified atom stereocenters. The monoisotopic (exact) mass is 146 g/mol. The standard InChI is InChI=1S/C4H6N2O2S/c5-1-2-9(8)3-4(6)7/h2-3H2,(H2,6,7). The summed E-state index contributed by atoms with van der Waals surface area (Å²) < 4.78 is 10.4. The number of carbonyl (C=O) groups excluding carboxylic acids is 1. The van der Waals surface area contributed by atoms with Gasteiger partial charge in [-0.15, -0.1) is 0 Å². The summed E-state index contributed by atoms with van der Waals surface area (Å²) >= 11 is 0. The molecule has 0 aromatic carbocycles. The molecular formula is C4H6N2O2S. The molecule has 4 nitrogen and oxygen atoms in total. The van der Waals surface area contributed by atoms with Crippen LogP contribution in [-0.2, 0) is 15.6 Å². The van der Waals surface area contributed by atoms with E-state index in [-0.39, 0.29) is 11.5 Å². The van der Waals surface area contributed by atoms with E-state index in [0.29, 0.717) is 0 Å². The van der Waals surface area contributed by atoms with Crippen LogP contribution in [0.3, 0.4) is 0 Å². The highest BCUT2D eigenvalue weighted by atomic mass is 32.2. The number of nitriles is 1. The molecule has 0 aromatic heterocycles. The minimum atomic E-state index is -1.39. The number of amides is 1. The van der Waals surface area contributed by atoms with Crippen LogP contribution in [0.2, 0.25) is 0 Å². The molecule has 1 amide bonds. The van der Waals surface area contributed by atoms with Crippen LogP contribution in [0.4, 0.5) is 0 Å². The molecule has 0 rings (SSSR count). The van der Waals surface area contributed by atoms with Crippen LogP contribution < -0.4 is 5.73 Å². The smallest absolute Gasteiger partial charge is 0.230 e. The molecular weight excluding hydrogens is 140 g/mol. The second-order valence-electron chi connectivity index (χ2n) is 1.35. The Hall–Kier alpha value is -0.890. The summed E-state index contributed by atoms with van der Waals surface area (Å²) in [5.74, 6) is -0.972. The molecule has 0 saturated heterocycles. The second kappa shape index (κ2) is 4.04. The lowest BCUT2D eigenvalue weighted by Crippen LogP contribution is -2.20. The Kier molecular flexibility index (Phi) is 3.64. The molecule has 5 heteroatoms. The summed E-state index contributed by atoms with van der Waals surface area (Å²) in [6, 6.07) is 1.66. The molecule has 0 bridgehead atoms. The maximum absolute atomic E-state index is 10.4. The fourth-order valence-electron chi connectivity index (χ4n) is 0.282. The van der Waals surface area contributed by atoms with Crippen molar-refractivity contribution in [2.45, 2.75) is 0 Å². The first-order chi connectivity index (χ1) is 4.16. The van der Waals surface area contributed by atoms with Crippen molar-refractivity contribution in [3.8, 4) is 6.07 Å². The number of carbonyl (C=O) groups is 1. The van der Waals surface area contributed by atoms with Gasteiger partial charge in [0, 0.05) is 10.8 Å². The summed E-state index contributed by atoms with van der Waals surface area (Å²) in [6.07, 6.45) is 0. The van der Waals surface area contributed by atoms with Crippen molar-refractivity contribution >= 4 is 16.7 Å². The quantitative estimate of drug-likeness (QED) is 0.539. The minimum Gasteiger partial charge on any atom is -0.369 e. The molecule has 0 heterocycles. The van der Waals surface area contributed by atoms with Gasteiger partial charge < -0.3 is 5.73 Å². The molecule has 0 saturated carbocycles. The fraction of sp³-hybridized carbons (Fsp3) is 0.500. The third kappa shape index (κ3) is 4.97. The van der Waals surface area contributed by atoms with Gasteiger partial charge in [0.1, 0.15) is 11.5 Å². The Morgan fingerprint density at radius 2 is 2.33 bits per heavy atom. The van der Waals surface area contributed by atoms with Crippen molar-refractivity contribution in [1.82, 2.24) is 0 Å². The van der Waals surface area contributed by atoms with Crippen molar-refractivity contribution in [3.63, 3.8) is 0 Å². The maximum atomic E-state index is 10.4. The van der Waals surface area contributed by atoms with Gasteiger partial charge >= 0.3 is 0 Å². The van der Waals surface area contributed by atoms with Crippen molar-refractivity contribution in [2.75, 3.05) is 11.5 Å². The predicted molar refractivity (Wildman–Crippen MR) is 32.7 cm³/mol. The topological polar surface area (TPSA) is 83.9 Å². The summed E-state index contributed by atoms with van der Waals surface area (Å²) in [5.41, 5.74) is 4.68. The number of nitrogens with zero attached hydrogens (tertiary/aromatic N) is 1. The zero-order valence-electron chi connectivity index (χ0n) is 4.66. The van der Waals surface area contributed by atoms with E-state index in [1.807, 2.05) is 0 Å². The van der Waals surface area contributed by atoms with Crippen LogP contribution in [0, 0.1) is 11.3 Å². The SMILES string of the molecule is N#CCS(=O)CC(N)=O. The van der Waals surface area contributed by atoms with E-state index in [4.69, 9.17) is 5.26 Å². The molecule has 0 fully saturated rings. The molecule has 0 aromatic rings. The van der Waals surface area contributed by atoms with E-state index in [0.717, 1.165) is 0 Å². The van der Waals surface area contributed by atoms with Crippen molar-refractivity contribution in [2.24, 2.45) is 5.73 Å². The van der Waals surface area contributed by atoms with Gasteiger partial charge in [-0.05, 0) is 0 Å². The van der Waals surface area contributed by atoms with Gasteiger partial charge in [0.15, 0.2) is 0 Å². The first-order valence-corrected chi connectivity index (χ1v) is 3.66. The number of nitrogens with two attached hydrogens (primary N) is 1. The van der Waals surface area contributed by atoms with Crippen LogP contribution in [0.5, 0.6) is 0 Å². The van der Waals surface area contributed by atoms with Gasteiger partial charge in [-0.1, -0.05) is 0 Å². The summed E-state index contributed by atoms with van der Waals surface area (Å²) in [4.78, 5) is 10.0. The zero-order chi connectivity index (χ0) is 7.28. The summed E-state index contributed by atoms with van der Waals surface area (Å²) in [5, 5.41) is 7.95. The van der Waals surface area contributed by atoms with E-state index in [1.54, 1.807) is 6.07 Å². The molecule has 0 aliphatic heterocycles. The van der Waals surface area contributed by atoms with E-state index in [1.165, 1.54) is 0 Å². The lowest BCUT2D eigenvalue weighted by atomic mass is 10.8. The Labute approximate surface area is 55.1 Å². The normalized spacial score (nSPS) is 11.9. The number of hydrogen-bond donors (Lipinski definition) is 1. The van der Waals surface area contributed by atoms with Gasteiger partial charge in [-0.25, -0.2) is 0 Å². The number of rotatable bonds is 3. The average molecular weight is 146 g/mol. The molecule has 1 atom stereocenters. The van der Waals surface area contributed by atoms with Crippen molar-refractivity contribution < 1.29 is 9.00 Å². The van der Waals surface area contributed by atoms with E-state index < -0.39 is 16.7 Å². The first kappa shape index (κ1) is 8.11. The van der Waals surface area contributed by atoms with Crippen LogP contribution in [-0.4, -0.2) is 21.6 Å². The molecule has 0 aliphatic carbocycles. The lowest BCUT2D eigenvalue weighted by Gasteiger charge is -1.88. The van der Waals surface area contributed by atoms with Gasteiger partial charge in [-0.3, -0.25) is 9.00 Å². The van der Waals surface area contributed by atoms with Crippen LogP contribution in [0.25, 0.3) is 0 Å². The molecule has 9 heavy (non-hydrogen) atoms. The Balaban J connectivity index is 3.54. The Morgan fingerprint density at radius 1 is 1.78 bits per heavy atom. The molecule has 0 radical (unpaired) electrons. The highest BCUT2D eigenvalue weighted by Gasteiger charge is 2.01. The third-order valence-electron chi connectivity index (χ3n) is 0.529. The molecule has 50 valence electrons. The fourth-order valence-corrected chi connectivity index (χ4v) is 0.845. The van der Waals surface area contributed by atoms with Gasteiger partial charge in [0.05, 0.1) is 6.07 Å². The van der Waals surface area contributed by atoms with Crippen molar-refractivity contribution in [1.29, 1.82) is 5.26 Å². The summed E-state index contributed by atoms with van der Waals surface area (Å²) in [6.45, 7) is 0. The maximum Gasteiger partial charge on any atom is 0.230 e. The summed E-state index contributed by atoms with van der Waals surface area (Å²) in [7, 11) is -1.39. The predicted octanol–water partition coefficient (Wildman–Crippen LogP) is -1.26. The van der Waals surface area contributed by atoms with Gasteiger partial charge in [-0.2, -0.15) is 5.26 Å². The van der Waals surface area contributed by atoms with Crippen LogP contribution in [0.15, 0.2) is 0 Å². The highest BCUT2D eigenvalue weighted by Crippen LogP contribution is 1.77. The Bertz CT molecular complexity index is 172. The van der Waals surface area contributed by atoms with Gasteiger partial charge in [0.2, 0.25) is 5.91 Å². The molecule has 2 N–H and O–H groups in total. The highest BCUT2D eigenvalue weighted by molar-refractivity contribution is 7.85. The third-order valence-corrected chi connectivity index (χ3v) is 1.59. The molecule has 0 aliphatic rings. The first-order valence-electron chi connectivity index (χ1n) is 2.17. The Morgan fingerprint density at radius 3 is 2.67 bits per heavy atom. The average Bonchev–Trinajstić information content (AvgIpc) is 1.63. The number of hydrogen-bond acceptors (Lipinski definition) is 3. The van der Waals surface area contributed by atoms with E-state index in [2.05, 4.69) is 5.73 Å². The van der Waals surface area contributed by atoms with Crippen LogP contribution in [0.1, 0.15) is 0 Å². The second-order valence-corrected chi connectivity index (χ2v) is 2.81. The van der Waals surface area contributed by atoms with Crippen LogP contribution >= 0.6 is 0 Å². The van der Waals surface area contributed by atoms with E-state index >= 15 is 0 Å². The molecule has 0 spiro atoms. The zero-order valence-corrected chi connectivity index (χ0v) is 5.48. The largest absolute Gasteiger partial charge is 0.369 e. The lowest BCUT2D eigenvalue weighted by molar-refractivity contribution is -0.115. The van der Waals surface area contributed by atoms with E-state index in [9.17, 15) is 9.00 Å². The number of primary amides is 1.